The first-order valence-electron chi connectivity index (χ1n) is 4.32. The molecule has 0 heterocycles. The number of hydrogen-bond donors (Lipinski definition) is 3. The minimum Gasteiger partial charge on any atom is -0.379 e. The molecule has 0 aromatic heterocycles. The van der Waals surface area contributed by atoms with Crippen LogP contribution in [0.5, 0.6) is 0 Å². The van der Waals surface area contributed by atoms with Gasteiger partial charge in [0.1, 0.15) is 18.7 Å². The highest BCUT2D eigenvalue weighted by atomic mass is 16.4. The van der Waals surface area contributed by atoms with E-state index in [0.29, 0.717) is 6.42 Å². The van der Waals surface area contributed by atoms with Gasteiger partial charge in [-0.15, -0.1) is 0 Å². The van der Waals surface area contributed by atoms with E-state index in [1.54, 1.807) is 0 Å². The van der Waals surface area contributed by atoms with Crippen LogP contribution in [-0.2, 0) is 0 Å². The quantitative estimate of drug-likeness (QED) is 0.520. The molecule has 0 amide bonds. The van der Waals surface area contributed by atoms with Gasteiger partial charge in [0.2, 0.25) is 0 Å². The van der Waals surface area contributed by atoms with Crippen molar-refractivity contribution in [1.29, 1.82) is 0 Å². The Hall–Kier alpha value is -0.160. The molecule has 0 rings (SSSR count). The zero-order chi connectivity index (χ0) is 9.72. The zero-order valence-corrected chi connectivity index (χ0v) is 7.94. The average Bonchev–Trinajstić information content (AvgIpc) is 1.85. The van der Waals surface area contributed by atoms with E-state index >= 15 is 0 Å². The number of aliphatic hydroxyl groups excluding tert-OH is 3. The summed E-state index contributed by atoms with van der Waals surface area (Å²) in [4.78, 5) is 1.25. The van der Waals surface area contributed by atoms with Crippen LogP contribution in [0.1, 0.15) is 33.6 Å². The molecular formula is C8H19NO3. The lowest BCUT2D eigenvalue weighted by Crippen LogP contribution is -2.47. The molecule has 0 aliphatic rings. The molecule has 0 radical (unpaired) electrons. The van der Waals surface area contributed by atoms with E-state index in [9.17, 15) is 15.3 Å². The summed E-state index contributed by atoms with van der Waals surface area (Å²) in [6.07, 6.45) is -1.06. The highest BCUT2D eigenvalue weighted by molar-refractivity contribution is 4.62. The molecule has 0 fully saturated rings. The van der Waals surface area contributed by atoms with Crippen molar-refractivity contribution in [2.75, 3.05) is 0 Å². The second kappa shape index (κ2) is 5.48. The van der Waals surface area contributed by atoms with Crippen LogP contribution in [0.4, 0.5) is 0 Å². The zero-order valence-electron chi connectivity index (χ0n) is 7.94. The van der Waals surface area contributed by atoms with Crippen LogP contribution in [0.3, 0.4) is 0 Å². The Morgan fingerprint density at radius 3 is 1.75 bits per heavy atom. The Morgan fingerprint density at radius 2 is 1.50 bits per heavy atom. The van der Waals surface area contributed by atoms with E-state index in [1.165, 1.54) is 18.7 Å². The van der Waals surface area contributed by atoms with E-state index in [1.807, 2.05) is 6.92 Å². The van der Waals surface area contributed by atoms with Gasteiger partial charge >= 0.3 is 0 Å². The fraction of sp³-hybridized carbons (Fsp3) is 1.00. The van der Waals surface area contributed by atoms with Crippen molar-refractivity contribution >= 4 is 0 Å². The molecule has 3 atom stereocenters. The number of aliphatic hydroxyl groups is 3. The second-order valence-corrected chi connectivity index (χ2v) is 2.98. The average molecular weight is 177 g/mol. The maximum Gasteiger partial charge on any atom is 0.111 e. The van der Waals surface area contributed by atoms with Crippen molar-refractivity contribution < 1.29 is 15.3 Å². The Morgan fingerprint density at radius 1 is 1.08 bits per heavy atom. The predicted molar refractivity (Wildman–Crippen MR) is 46.1 cm³/mol. The third kappa shape index (κ3) is 3.49. The Bertz CT molecular complexity index is 109. The summed E-state index contributed by atoms with van der Waals surface area (Å²) in [5.74, 6) is 0. The van der Waals surface area contributed by atoms with Gasteiger partial charge in [-0.25, -0.2) is 4.90 Å². The van der Waals surface area contributed by atoms with Crippen LogP contribution < -0.4 is 0 Å². The summed E-state index contributed by atoms with van der Waals surface area (Å²) < 4.78 is 0. The molecule has 0 aromatic carbocycles. The van der Waals surface area contributed by atoms with Gasteiger partial charge in [0, 0.05) is 0 Å². The van der Waals surface area contributed by atoms with Crippen LogP contribution in [0, 0.1) is 0 Å². The third-order valence-electron chi connectivity index (χ3n) is 1.75. The topological polar surface area (TPSA) is 63.9 Å². The van der Waals surface area contributed by atoms with Crippen LogP contribution in [0.15, 0.2) is 0 Å². The first-order valence-corrected chi connectivity index (χ1v) is 4.32. The largest absolute Gasteiger partial charge is 0.379 e. The maximum absolute atomic E-state index is 9.46. The van der Waals surface area contributed by atoms with E-state index in [-0.39, 0.29) is 0 Å². The molecule has 4 nitrogen and oxygen atoms in total. The molecule has 0 aliphatic carbocycles. The fourth-order valence-corrected chi connectivity index (χ4v) is 1.22. The van der Waals surface area contributed by atoms with Gasteiger partial charge in [0.25, 0.3) is 0 Å². The van der Waals surface area contributed by atoms with E-state index in [0.717, 1.165) is 6.42 Å². The standard InChI is InChI=1S/C8H19NO3/c1-4-5-8(12)9(6(2)10)7(3)11/h6-8,10-12H,4-5H2,1-3H3. The number of rotatable bonds is 5. The molecule has 74 valence electrons. The molecule has 0 saturated carbocycles. The molecule has 0 saturated heterocycles. The molecule has 4 heteroatoms. The van der Waals surface area contributed by atoms with Crippen LogP contribution >= 0.6 is 0 Å². The van der Waals surface area contributed by atoms with Crippen LogP contribution in [-0.4, -0.2) is 38.9 Å². The van der Waals surface area contributed by atoms with E-state index < -0.39 is 18.7 Å². The molecule has 0 bridgehead atoms. The van der Waals surface area contributed by atoms with Crippen molar-refractivity contribution in [3.8, 4) is 0 Å². The van der Waals surface area contributed by atoms with Gasteiger partial charge in [0.05, 0.1) is 0 Å². The summed E-state index contributed by atoms with van der Waals surface area (Å²) in [5, 5.41) is 27.8. The molecule has 0 aliphatic heterocycles. The minimum absolute atomic E-state index is 0.551. The first-order chi connectivity index (χ1) is 5.50. The van der Waals surface area contributed by atoms with Crippen molar-refractivity contribution in [3.63, 3.8) is 0 Å². The molecule has 12 heavy (non-hydrogen) atoms. The van der Waals surface area contributed by atoms with Crippen molar-refractivity contribution in [2.24, 2.45) is 0 Å². The SMILES string of the molecule is CCCC(O)N(C(C)O)C(C)O. The number of hydrogen-bond acceptors (Lipinski definition) is 4. The first kappa shape index (κ1) is 11.8. The summed E-state index contributed by atoms with van der Waals surface area (Å²) in [5.41, 5.74) is 0. The summed E-state index contributed by atoms with van der Waals surface area (Å²) in [6.45, 7) is 4.97. The van der Waals surface area contributed by atoms with Crippen LogP contribution in [0.25, 0.3) is 0 Å². The third-order valence-corrected chi connectivity index (χ3v) is 1.75. The molecule has 3 unspecified atom stereocenters. The van der Waals surface area contributed by atoms with Gasteiger partial charge < -0.3 is 15.3 Å². The van der Waals surface area contributed by atoms with Crippen molar-refractivity contribution in [2.45, 2.75) is 52.3 Å². The van der Waals surface area contributed by atoms with Gasteiger partial charge in [-0.05, 0) is 20.3 Å². The molecule has 3 N–H and O–H groups in total. The Labute approximate surface area is 73.4 Å². The lowest BCUT2D eigenvalue weighted by Gasteiger charge is -2.32. The highest BCUT2D eigenvalue weighted by Crippen LogP contribution is 2.10. The molecule has 0 aromatic rings. The Balaban J connectivity index is 4.09. The van der Waals surface area contributed by atoms with Gasteiger partial charge in [0.15, 0.2) is 0 Å². The van der Waals surface area contributed by atoms with Crippen molar-refractivity contribution in [3.05, 3.63) is 0 Å². The molecule has 0 spiro atoms. The lowest BCUT2D eigenvalue weighted by molar-refractivity contribution is -0.167. The van der Waals surface area contributed by atoms with Gasteiger partial charge in [-0.1, -0.05) is 13.3 Å². The summed E-state index contributed by atoms with van der Waals surface area (Å²) >= 11 is 0. The summed E-state index contributed by atoms with van der Waals surface area (Å²) in [7, 11) is 0. The summed E-state index contributed by atoms with van der Waals surface area (Å²) in [6, 6.07) is 0. The Kier molecular flexibility index (Phi) is 5.41. The van der Waals surface area contributed by atoms with E-state index in [2.05, 4.69) is 0 Å². The van der Waals surface area contributed by atoms with E-state index in [4.69, 9.17) is 0 Å². The van der Waals surface area contributed by atoms with Gasteiger partial charge in [-0.2, -0.15) is 0 Å². The maximum atomic E-state index is 9.46. The normalized spacial score (nSPS) is 19.2. The lowest BCUT2D eigenvalue weighted by atomic mass is 10.2. The second-order valence-electron chi connectivity index (χ2n) is 2.98. The number of nitrogens with zero attached hydrogens (tertiary/aromatic N) is 1. The van der Waals surface area contributed by atoms with Crippen molar-refractivity contribution in [1.82, 2.24) is 4.90 Å². The smallest absolute Gasteiger partial charge is 0.111 e. The highest BCUT2D eigenvalue weighted by Gasteiger charge is 2.23. The van der Waals surface area contributed by atoms with Crippen LogP contribution in [0.2, 0.25) is 0 Å². The molecular weight excluding hydrogens is 158 g/mol. The fourth-order valence-electron chi connectivity index (χ4n) is 1.22. The van der Waals surface area contributed by atoms with Gasteiger partial charge in [-0.3, -0.25) is 0 Å². The minimum atomic E-state index is -0.827. The predicted octanol–water partition coefficient (Wildman–Crippen LogP) is 0.0835. The monoisotopic (exact) mass is 177 g/mol.